The van der Waals surface area contributed by atoms with E-state index < -0.39 is 0 Å². The molecule has 24 heavy (non-hydrogen) atoms. The van der Waals surface area contributed by atoms with Crippen molar-refractivity contribution >= 4 is 23.2 Å². The number of hydrogen-bond acceptors (Lipinski definition) is 5. The Bertz CT molecular complexity index is 858. The first kappa shape index (κ1) is 16.3. The number of carbonyl (C=O) groups excluding carboxylic acids is 1. The number of aromatic nitrogens is 4. The van der Waals surface area contributed by atoms with Gasteiger partial charge in [0.25, 0.3) is 5.91 Å². The summed E-state index contributed by atoms with van der Waals surface area (Å²) in [5.41, 5.74) is 4.62. The summed E-state index contributed by atoms with van der Waals surface area (Å²) in [7, 11) is 0. The number of rotatable bonds is 3. The van der Waals surface area contributed by atoms with E-state index in [-0.39, 0.29) is 17.3 Å². The number of aryl methyl sites for hydroxylation is 1. The first-order chi connectivity index (χ1) is 11.3. The number of benzene rings is 1. The molecule has 1 amide bonds. The summed E-state index contributed by atoms with van der Waals surface area (Å²) < 4.78 is 0. The highest BCUT2D eigenvalue weighted by molar-refractivity contribution is 7.12. The SMILES string of the molecule is Cc1ncsc1C(=O)Nc1n[nH]c(-c2ccc(C(C)(C)C)cc2)n1. The molecule has 0 aliphatic rings. The number of thiazole rings is 1. The Kier molecular flexibility index (Phi) is 4.19. The fourth-order valence-corrected chi connectivity index (χ4v) is 2.95. The molecule has 0 aliphatic carbocycles. The first-order valence-electron chi connectivity index (χ1n) is 7.59. The average molecular weight is 341 g/mol. The number of H-pyrrole nitrogens is 1. The zero-order valence-electron chi connectivity index (χ0n) is 14.0. The largest absolute Gasteiger partial charge is 0.288 e. The molecular weight excluding hydrogens is 322 g/mol. The van der Waals surface area contributed by atoms with E-state index in [9.17, 15) is 4.79 Å². The molecule has 124 valence electrons. The van der Waals surface area contributed by atoms with Gasteiger partial charge in [-0.15, -0.1) is 16.4 Å². The predicted molar refractivity (Wildman–Crippen MR) is 95.3 cm³/mol. The molecule has 2 aromatic heterocycles. The number of aromatic amines is 1. The number of nitrogens with one attached hydrogen (secondary N) is 2. The third kappa shape index (κ3) is 3.35. The Morgan fingerprint density at radius 2 is 1.92 bits per heavy atom. The summed E-state index contributed by atoms with van der Waals surface area (Å²) >= 11 is 1.30. The monoisotopic (exact) mass is 341 g/mol. The van der Waals surface area contributed by atoms with Crippen LogP contribution in [0.5, 0.6) is 0 Å². The fraction of sp³-hybridized carbons (Fsp3) is 0.294. The Hall–Kier alpha value is -2.54. The van der Waals surface area contributed by atoms with Crippen molar-refractivity contribution in [3.8, 4) is 11.4 Å². The van der Waals surface area contributed by atoms with Crippen LogP contribution >= 0.6 is 11.3 Å². The summed E-state index contributed by atoms with van der Waals surface area (Å²) in [5.74, 6) is 0.623. The molecule has 0 saturated heterocycles. The van der Waals surface area contributed by atoms with Crippen LogP contribution in [0.4, 0.5) is 5.95 Å². The molecule has 0 atom stereocenters. The van der Waals surface area contributed by atoms with Gasteiger partial charge >= 0.3 is 0 Å². The zero-order chi connectivity index (χ0) is 17.3. The van der Waals surface area contributed by atoms with Crippen molar-refractivity contribution in [3.05, 3.63) is 45.9 Å². The van der Waals surface area contributed by atoms with E-state index in [1.54, 1.807) is 12.4 Å². The molecule has 0 fully saturated rings. The second-order valence-electron chi connectivity index (χ2n) is 6.56. The standard InChI is InChI=1S/C17H19N5OS/c1-10-13(24-9-18-10)15(23)20-16-19-14(21-22-16)11-5-7-12(8-6-11)17(2,3)4/h5-9H,1-4H3,(H2,19,20,21,22,23). The molecule has 7 heteroatoms. The van der Waals surface area contributed by atoms with Gasteiger partial charge in [-0.25, -0.2) is 4.98 Å². The topological polar surface area (TPSA) is 83.6 Å². The van der Waals surface area contributed by atoms with Crippen LogP contribution in [0.2, 0.25) is 0 Å². The molecular formula is C17H19N5OS. The molecule has 6 nitrogen and oxygen atoms in total. The summed E-state index contributed by atoms with van der Waals surface area (Å²) in [6, 6.07) is 8.16. The molecule has 0 saturated carbocycles. The predicted octanol–water partition coefficient (Wildman–Crippen LogP) is 3.79. The van der Waals surface area contributed by atoms with Crippen molar-refractivity contribution in [3.63, 3.8) is 0 Å². The lowest BCUT2D eigenvalue weighted by Crippen LogP contribution is -2.12. The Morgan fingerprint density at radius 1 is 1.21 bits per heavy atom. The van der Waals surface area contributed by atoms with E-state index in [0.717, 1.165) is 5.56 Å². The third-order valence-electron chi connectivity index (χ3n) is 3.69. The van der Waals surface area contributed by atoms with Gasteiger partial charge in [0, 0.05) is 5.56 Å². The number of carbonyl (C=O) groups is 1. The first-order valence-corrected chi connectivity index (χ1v) is 8.47. The van der Waals surface area contributed by atoms with E-state index in [1.807, 2.05) is 12.1 Å². The second-order valence-corrected chi connectivity index (χ2v) is 7.41. The highest BCUT2D eigenvalue weighted by atomic mass is 32.1. The third-order valence-corrected chi connectivity index (χ3v) is 4.61. The lowest BCUT2D eigenvalue weighted by atomic mass is 9.87. The lowest BCUT2D eigenvalue weighted by Gasteiger charge is -2.18. The van der Waals surface area contributed by atoms with E-state index in [4.69, 9.17) is 0 Å². The van der Waals surface area contributed by atoms with Crippen LogP contribution in [0.1, 0.15) is 41.7 Å². The van der Waals surface area contributed by atoms with E-state index >= 15 is 0 Å². The van der Waals surface area contributed by atoms with Gasteiger partial charge in [0.05, 0.1) is 11.2 Å². The van der Waals surface area contributed by atoms with Crippen molar-refractivity contribution in [2.45, 2.75) is 33.1 Å². The minimum atomic E-state index is -0.247. The minimum absolute atomic E-state index is 0.103. The van der Waals surface area contributed by atoms with E-state index in [0.29, 0.717) is 16.4 Å². The maximum absolute atomic E-state index is 12.2. The van der Waals surface area contributed by atoms with Crippen LogP contribution in [-0.4, -0.2) is 26.1 Å². The molecule has 1 aromatic carbocycles. The van der Waals surface area contributed by atoms with Crippen molar-refractivity contribution in [2.24, 2.45) is 0 Å². The van der Waals surface area contributed by atoms with Crippen LogP contribution < -0.4 is 5.32 Å². The van der Waals surface area contributed by atoms with Crippen LogP contribution in [0, 0.1) is 6.92 Å². The van der Waals surface area contributed by atoms with E-state index in [1.165, 1.54) is 16.9 Å². The Balaban J connectivity index is 1.76. The number of nitrogens with zero attached hydrogens (tertiary/aromatic N) is 3. The normalized spacial score (nSPS) is 11.5. The molecule has 0 radical (unpaired) electrons. The summed E-state index contributed by atoms with van der Waals surface area (Å²) in [6.45, 7) is 8.31. The van der Waals surface area contributed by atoms with Gasteiger partial charge < -0.3 is 0 Å². The van der Waals surface area contributed by atoms with Gasteiger partial charge in [0.15, 0.2) is 5.82 Å². The lowest BCUT2D eigenvalue weighted by molar-refractivity contribution is 0.102. The number of hydrogen-bond donors (Lipinski definition) is 2. The molecule has 0 spiro atoms. The van der Waals surface area contributed by atoms with E-state index in [2.05, 4.69) is 58.4 Å². The second kappa shape index (κ2) is 6.16. The smallest absolute Gasteiger partial charge is 0.270 e. The maximum Gasteiger partial charge on any atom is 0.270 e. The Labute approximate surface area is 144 Å². The van der Waals surface area contributed by atoms with Crippen molar-refractivity contribution in [1.82, 2.24) is 20.2 Å². The zero-order valence-corrected chi connectivity index (χ0v) is 14.9. The maximum atomic E-state index is 12.2. The average Bonchev–Trinajstić information content (AvgIpc) is 3.15. The molecule has 0 unspecified atom stereocenters. The number of amides is 1. The number of anilines is 1. The van der Waals surface area contributed by atoms with Crippen molar-refractivity contribution in [2.75, 3.05) is 5.32 Å². The Morgan fingerprint density at radius 3 is 2.50 bits per heavy atom. The minimum Gasteiger partial charge on any atom is -0.288 e. The van der Waals surface area contributed by atoms with Gasteiger partial charge in [-0.2, -0.15) is 4.98 Å². The summed E-state index contributed by atoms with van der Waals surface area (Å²) in [5, 5.41) is 9.61. The van der Waals surface area contributed by atoms with Gasteiger partial charge in [0.2, 0.25) is 5.95 Å². The van der Waals surface area contributed by atoms with Crippen LogP contribution in [0.15, 0.2) is 29.8 Å². The summed E-state index contributed by atoms with van der Waals surface area (Å²) in [6.07, 6.45) is 0. The van der Waals surface area contributed by atoms with Crippen LogP contribution in [-0.2, 0) is 5.41 Å². The molecule has 0 bridgehead atoms. The highest BCUT2D eigenvalue weighted by Crippen LogP contribution is 2.25. The molecule has 3 aromatic rings. The molecule has 2 N–H and O–H groups in total. The van der Waals surface area contributed by atoms with Crippen molar-refractivity contribution < 1.29 is 4.79 Å². The summed E-state index contributed by atoms with van der Waals surface area (Å²) in [4.78, 5) is 21.1. The van der Waals surface area contributed by atoms with Gasteiger partial charge in [-0.05, 0) is 17.9 Å². The fourth-order valence-electron chi connectivity index (χ4n) is 2.25. The molecule has 0 aliphatic heterocycles. The highest BCUT2D eigenvalue weighted by Gasteiger charge is 2.16. The van der Waals surface area contributed by atoms with Crippen molar-refractivity contribution in [1.29, 1.82) is 0 Å². The van der Waals surface area contributed by atoms with Gasteiger partial charge in [-0.1, -0.05) is 45.0 Å². The quantitative estimate of drug-likeness (QED) is 0.759. The van der Waals surface area contributed by atoms with Gasteiger partial charge in [0.1, 0.15) is 4.88 Å². The van der Waals surface area contributed by atoms with Crippen LogP contribution in [0.3, 0.4) is 0 Å². The molecule has 3 rings (SSSR count). The van der Waals surface area contributed by atoms with Crippen LogP contribution in [0.25, 0.3) is 11.4 Å². The molecule has 2 heterocycles. The van der Waals surface area contributed by atoms with Gasteiger partial charge in [-0.3, -0.25) is 15.2 Å².